The normalized spacial score (nSPS) is 13.5. The Morgan fingerprint density at radius 3 is 2.70 bits per heavy atom. The maximum absolute atomic E-state index is 8.88. The summed E-state index contributed by atoms with van der Waals surface area (Å²) in [6.07, 6.45) is 5.52. The highest BCUT2D eigenvalue weighted by atomic mass is 16.3. The smallest absolute Gasteiger partial charge is 0.0773 e. The van der Waals surface area contributed by atoms with Gasteiger partial charge >= 0.3 is 0 Å². The first-order chi connectivity index (χ1) is 4.81. The average Bonchev–Trinajstić information content (AvgIpc) is 1.98. The largest absolute Gasteiger partial charge is 0.394 e. The Morgan fingerprint density at radius 2 is 2.20 bits per heavy atom. The first-order valence-corrected chi connectivity index (χ1v) is 3.91. The number of aliphatic hydroxyl groups is 2. The van der Waals surface area contributed by atoms with Gasteiger partial charge in [0, 0.05) is 0 Å². The molecule has 1 atom stereocenters. The zero-order valence-corrected chi connectivity index (χ0v) is 6.58. The van der Waals surface area contributed by atoms with Crippen molar-refractivity contribution in [3.8, 4) is 0 Å². The summed E-state index contributed by atoms with van der Waals surface area (Å²) in [5.74, 6) is 0. The third-order valence-electron chi connectivity index (χ3n) is 1.41. The van der Waals surface area contributed by atoms with E-state index < -0.39 is 6.10 Å². The molecule has 0 aliphatic rings. The summed E-state index contributed by atoms with van der Waals surface area (Å²) in [6.45, 7) is 2.01. The molecule has 2 nitrogen and oxygen atoms in total. The molecule has 2 heteroatoms. The van der Waals surface area contributed by atoms with Gasteiger partial charge in [0.15, 0.2) is 0 Å². The lowest BCUT2D eigenvalue weighted by atomic mass is 10.1. The van der Waals surface area contributed by atoms with E-state index in [4.69, 9.17) is 10.2 Å². The van der Waals surface area contributed by atoms with Gasteiger partial charge in [-0.2, -0.15) is 0 Å². The number of hydrogen-bond donors (Lipinski definition) is 2. The fraction of sp³-hybridized carbons (Fsp3) is 0.875. The third-order valence-corrected chi connectivity index (χ3v) is 1.41. The van der Waals surface area contributed by atoms with Crippen LogP contribution in [0.3, 0.4) is 0 Å². The number of rotatable bonds is 6. The van der Waals surface area contributed by atoms with Gasteiger partial charge in [0.25, 0.3) is 0 Å². The minimum absolute atomic E-state index is 0.122. The van der Waals surface area contributed by atoms with E-state index in [1.165, 1.54) is 12.8 Å². The van der Waals surface area contributed by atoms with Crippen molar-refractivity contribution in [2.45, 2.75) is 38.7 Å². The molecule has 0 aromatic carbocycles. The molecular weight excluding hydrogens is 128 g/mol. The second-order valence-electron chi connectivity index (χ2n) is 2.50. The van der Waals surface area contributed by atoms with E-state index in [9.17, 15) is 0 Å². The van der Waals surface area contributed by atoms with Crippen LogP contribution >= 0.6 is 0 Å². The summed E-state index contributed by atoms with van der Waals surface area (Å²) in [7, 11) is 0. The van der Waals surface area contributed by atoms with Crippen LogP contribution in [0.1, 0.15) is 32.6 Å². The topological polar surface area (TPSA) is 40.5 Å². The zero-order valence-electron chi connectivity index (χ0n) is 6.58. The Labute approximate surface area is 62.9 Å². The number of hydrogen-bond acceptors (Lipinski definition) is 2. The van der Waals surface area contributed by atoms with Gasteiger partial charge in [-0.05, 0) is 12.8 Å². The summed E-state index contributed by atoms with van der Waals surface area (Å²) < 4.78 is 0. The molecule has 1 unspecified atom stereocenters. The molecule has 0 heterocycles. The Hall–Kier alpha value is -0.0800. The van der Waals surface area contributed by atoms with E-state index in [0.717, 1.165) is 6.42 Å². The molecule has 0 rings (SSSR count). The van der Waals surface area contributed by atoms with Crippen LogP contribution in [0.25, 0.3) is 0 Å². The van der Waals surface area contributed by atoms with E-state index in [1.54, 1.807) is 0 Å². The maximum Gasteiger partial charge on any atom is 0.0773 e. The van der Waals surface area contributed by atoms with Crippen LogP contribution in [-0.4, -0.2) is 22.9 Å². The molecule has 0 fully saturated rings. The molecule has 1 radical (unpaired) electrons. The Bertz CT molecular complexity index is 64.3. The maximum atomic E-state index is 8.88. The summed E-state index contributed by atoms with van der Waals surface area (Å²) in [5.41, 5.74) is 0. The Kier molecular flexibility index (Phi) is 6.98. The Morgan fingerprint density at radius 1 is 1.50 bits per heavy atom. The highest BCUT2D eigenvalue weighted by molar-refractivity contribution is 4.68. The van der Waals surface area contributed by atoms with Crippen LogP contribution in [-0.2, 0) is 0 Å². The summed E-state index contributed by atoms with van der Waals surface area (Å²) in [6, 6.07) is 0. The molecule has 0 aliphatic carbocycles. The molecule has 0 saturated heterocycles. The van der Waals surface area contributed by atoms with Crippen LogP contribution < -0.4 is 0 Å². The molecule has 0 spiro atoms. The second kappa shape index (κ2) is 7.03. The molecule has 10 heavy (non-hydrogen) atoms. The number of aliphatic hydroxyl groups excluding tert-OH is 2. The van der Waals surface area contributed by atoms with Crippen LogP contribution in [0.2, 0.25) is 0 Å². The van der Waals surface area contributed by atoms with Crippen molar-refractivity contribution in [1.82, 2.24) is 0 Å². The Balaban J connectivity index is 2.89. The van der Waals surface area contributed by atoms with Crippen LogP contribution in [0.5, 0.6) is 0 Å². The zero-order chi connectivity index (χ0) is 7.82. The van der Waals surface area contributed by atoms with Crippen molar-refractivity contribution in [3.63, 3.8) is 0 Å². The summed E-state index contributed by atoms with van der Waals surface area (Å²) in [4.78, 5) is 0. The fourth-order valence-electron chi connectivity index (χ4n) is 0.733. The second-order valence-corrected chi connectivity index (χ2v) is 2.50. The van der Waals surface area contributed by atoms with Crippen molar-refractivity contribution in [2.75, 3.05) is 6.61 Å². The standard InChI is InChI=1S/C8H17O2/c1-2-3-4-5-6-8(10)7-9/h5,8-10H,2-4,6-7H2,1H3. The van der Waals surface area contributed by atoms with Gasteiger partial charge in [-0.3, -0.25) is 0 Å². The molecule has 0 bridgehead atoms. The van der Waals surface area contributed by atoms with Crippen LogP contribution in [0.4, 0.5) is 0 Å². The SMILES string of the molecule is CCCC[CH]CC(O)CO. The fourth-order valence-corrected chi connectivity index (χ4v) is 0.733. The highest BCUT2D eigenvalue weighted by Crippen LogP contribution is 2.03. The predicted molar refractivity (Wildman–Crippen MR) is 41.5 cm³/mol. The lowest BCUT2D eigenvalue weighted by Crippen LogP contribution is -2.11. The van der Waals surface area contributed by atoms with Crippen molar-refractivity contribution < 1.29 is 10.2 Å². The molecule has 61 valence electrons. The molecular formula is C8H17O2. The van der Waals surface area contributed by atoms with E-state index in [2.05, 4.69) is 6.92 Å². The summed E-state index contributed by atoms with van der Waals surface area (Å²) in [5, 5.41) is 17.3. The molecule has 0 aromatic heterocycles. The first kappa shape index (κ1) is 9.92. The van der Waals surface area contributed by atoms with E-state index >= 15 is 0 Å². The van der Waals surface area contributed by atoms with Gasteiger partial charge in [0.2, 0.25) is 0 Å². The van der Waals surface area contributed by atoms with Crippen LogP contribution in [0, 0.1) is 6.42 Å². The van der Waals surface area contributed by atoms with E-state index in [1.807, 2.05) is 6.42 Å². The number of unbranched alkanes of at least 4 members (excludes halogenated alkanes) is 3. The lowest BCUT2D eigenvalue weighted by Gasteiger charge is -2.04. The average molecular weight is 145 g/mol. The van der Waals surface area contributed by atoms with Gasteiger partial charge in [-0.15, -0.1) is 0 Å². The predicted octanol–water partition coefficient (Wildman–Crippen LogP) is 1.12. The minimum Gasteiger partial charge on any atom is -0.394 e. The van der Waals surface area contributed by atoms with Crippen LogP contribution in [0.15, 0.2) is 0 Å². The molecule has 2 N–H and O–H groups in total. The van der Waals surface area contributed by atoms with Crippen molar-refractivity contribution >= 4 is 0 Å². The highest BCUT2D eigenvalue weighted by Gasteiger charge is 1.99. The van der Waals surface area contributed by atoms with Gasteiger partial charge in [0.05, 0.1) is 12.7 Å². The van der Waals surface area contributed by atoms with Gasteiger partial charge in [0.1, 0.15) is 0 Å². The van der Waals surface area contributed by atoms with Gasteiger partial charge < -0.3 is 10.2 Å². The van der Waals surface area contributed by atoms with E-state index in [-0.39, 0.29) is 6.61 Å². The molecule has 0 saturated carbocycles. The van der Waals surface area contributed by atoms with Gasteiger partial charge in [-0.1, -0.05) is 26.2 Å². The minimum atomic E-state index is -0.545. The molecule has 0 aromatic rings. The summed E-state index contributed by atoms with van der Waals surface area (Å²) >= 11 is 0. The van der Waals surface area contributed by atoms with E-state index in [0.29, 0.717) is 6.42 Å². The monoisotopic (exact) mass is 145 g/mol. The van der Waals surface area contributed by atoms with Gasteiger partial charge in [-0.25, -0.2) is 0 Å². The van der Waals surface area contributed by atoms with Crippen molar-refractivity contribution in [3.05, 3.63) is 6.42 Å². The first-order valence-electron chi connectivity index (χ1n) is 3.91. The van der Waals surface area contributed by atoms with Crippen molar-refractivity contribution in [1.29, 1.82) is 0 Å². The third kappa shape index (κ3) is 6.05. The van der Waals surface area contributed by atoms with Crippen molar-refractivity contribution in [2.24, 2.45) is 0 Å². The quantitative estimate of drug-likeness (QED) is 0.550. The lowest BCUT2D eigenvalue weighted by molar-refractivity contribution is 0.0940. The molecule has 0 aliphatic heterocycles. The molecule has 0 amide bonds.